The van der Waals surface area contributed by atoms with E-state index >= 15 is 0 Å². The average Bonchev–Trinajstić information content (AvgIpc) is 2.63. The molecule has 2 rings (SSSR count). The summed E-state index contributed by atoms with van der Waals surface area (Å²) < 4.78 is 0. The molecule has 0 aliphatic heterocycles. The predicted molar refractivity (Wildman–Crippen MR) is 96.7 cm³/mol. The van der Waals surface area contributed by atoms with Crippen LogP contribution in [0.2, 0.25) is 0 Å². The van der Waals surface area contributed by atoms with Crippen LogP contribution in [0.3, 0.4) is 0 Å². The fraction of sp³-hybridized carbons (Fsp3) is 0.300. The van der Waals surface area contributed by atoms with E-state index < -0.39 is 6.10 Å². The van der Waals surface area contributed by atoms with E-state index in [2.05, 4.69) is 17.5 Å². The van der Waals surface area contributed by atoms with Gasteiger partial charge < -0.3 is 5.11 Å². The van der Waals surface area contributed by atoms with E-state index in [1.807, 2.05) is 60.7 Å². The minimum atomic E-state index is -0.899. The summed E-state index contributed by atoms with van der Waals surface area (Å²) in [6.45, 7) is 2.10. The van der Waals surface area contributed by atoms with E-state index in [0.717, 1.165) is 30.4 Å². The normalized spacial score (nSPS) is 12.7. The standard InChI is InChI=1S/C20H24N2O2/c1-2-3-6-15-18(23)21-22-19(16-11-7-4-8-12-16)20(24)17-13-9-5-10-14-17/h4-5,7-14,20,24H,2-3,6,15H2,1H3,(H,21,23)/b22-19+/t20-/m1/s1. The van der Waals surface area contributed by atoms with Crippen LogP contribution in [-0.4, -0.2) is 16.7 Å². The molecule has 0 unspecified atom stereocenters. The first-order valence-corrected chi connectivity index (χ1v) is 8.37. The van der Waals surface area contributed by atoms with Gasteiger partial charge in [0.2, 0.25) is 5.91 Å². The maximum atomic E-state index is 11.9. The summed E-state index contributed by atoms with van der Waals surface area (Å²) in [6, 6.07) is 18.7. The van der Waals surface area contributed by atoms with Gasteiger partial charge in [0, 0.05) is 12.0 Å². The summed E-state index contributed by atoms with van der Waals surface area (Å²) in [5, 5.41) is 14.9. The monoisotopic (exact) mass is 324 g/mol. The number of rotatable bonds is 8. The summed E-state index contributed by atoms with van der Waals surface area (Å²) >= 11 is 0. The Kier molecular flexibility index (Phi) is 7.18. The van der Waals surface area contributed by atoms with Gasteiger partial charge in [-0.05, 0) is 12.0 Å². The lowest BCUT2D eigenvalue weighted by Crippen LogP contribution is -2.23. The predicted octanol–water partition coefficient (Wildman–Crippen LogP) is 3.82. The van der Waals surface area contributed by atoms with Crippen LogP contribution in [0.1, 0.15) is 49.8 Å². The zero-order valence-electron chi connectivity index (χ0n) is 14.0. The number of unbranched alkanes of at least 4 members (excludes halogenated alkanes) is 2. The smallest absolute Gasteiger partial charge is 0.240 e. The Balaban J connectivity index is 2.17. The molecular weight excluding hydrogens is 300 g/mol. The first-order valence-electron chi connectivity index (χ1n) is 8.37. The number of benzene rings is 2. The van der Waals surface area contributed by atoms with Crippen LogP contribution >= 0.6 is 0 Å². The Morgan fingerprint density at radius 1 is 1.04 bits per heavy atom. The van der Waals surface area contributed by atoms with Gasteiger partial charge in [-0.15, -0.1) is 0 Å². The quantitative estimate of drug-likeness (QED) is 0.440. The highest BCUT2D eigenvalue weighted by molar-refractivity contribution is 6.04. The number of carbonyl (C=O) groups excluding carboxylic acids is 1. The molecule has 0 saturated heterocycles. The summed E-state index contributed by atoms with van der Waals surface area (Å²) in [7, 11) is 0. The Morgan fingerprint density at radius 3 is 2.29 bits per heavy atom. The van der Waals surface area contributed by atoms with Crippen molar-refractivity contribution in [1.29, 1.82) is 0 Å². The second kappa shape index (κ2) is 9.63. The topological polar surface area (TPSA) is 61.7 Å². The molecule has 0 saturated carbocycles. The van der Waals surface area contributed by atoms with Crippen LogP contribution in [0.15, 0.2) is 65.8 Å². The van der Waals surface area contributed by atoms with Crippen LogP contribution in [0.5, 0.6) is 0 Å². The number of hydrazone groups is 1. The van der Waals surface area contributed by atoms with Gasteiger partial charge in [-0.1, -0.05) is 80.4 Å². The van der Waals surface area contributed by atoms with E-state index in [4.69, 9.17) is 0 Å². The number of aliphatic hydroxyl groups is 1. The lowest BCUT2D eigenvalue weighted by atomic mass is 9.99. The SMILES string of the molecule is CCCCCC(=O)N/N=C(\c1ccccc1)[C@H](O)c1ccccc1. The highest BCUT2D eigenvalue weighted by atomic mass is 16.3. The van der Waals surface area contributed by atoms with Crippen LogP contribution in [0.25, 0.3) is 0 Å². The number of hydrogen-bond donors (Lipinski definition) is 2. The minimum Gasteiger partial charge on any atom is -0.382 e. The maximum Gasteiger partial charge on any atom is 0.240 e. The van der Waals surface area contributed by atoms with Gasteiger partial charge in [0.25, 0.3) is 0 Å². The highest BCUT2D eigenvalue weighted by Crippen LogP contribution is 2.19. The molecule has 1 amide bonds. The molecule has 0 heterocycles. The molecule has 2 aromatic rings. The number of nitrogens with one attached hydrogen (secondary N) is 1. The summed E-state index contributed by atoms with van der Waals surface area (Å²) in [4.78, 5) is 11.9. The minimum absolute atomic E-state index is 0.128. The van der Waals surface area contributed by atoms with Crippen molar-refractivity contribution >= 4 is 11.6 Å². The Bertz CT molecular complexity index is 654. The number of hydrogen-bond acceptors (Lipinski definition) is 3. The van der Waals surface area contributed by atoms with Gasteiger partial charge in [0.1, 0.15) is 11.8 Å². The molecule has 0 aliphatic carbocycles. The average molecular weight is 324 g/mol. The Hall–Kier alpha value is -2.46. The second-order valence-corrected chi connectivity index (χ2v) is 5.67. The maximum absolute atomic E-state index is 11.9. The van der Waals surface area contributed by atoms with Crippen LogP contribution in [0.4, 0.5) is 0 Å². The third kappa shape index (κ3) is 5.32. The Morgan fingerprint density at radius 2 is 1.67 bits per heavy atom. The molecular formula is C20H24N2O2. The molecule has 24 heavy (non-hydrogen) atoms. The zero-order chi connectivity index (χ0) is 17.2. The van der Waals surface area contributed by atoms with Gasteiger partial charge in [-0.25, -0.2) is 5.43 Å². The van der Waals surface area contributed by atoms with Crippen molar-refractivity contribution in [2.75, 3.05) is 0 Å². The van der Waals surface area contributed by atoms with Gasteiger partial charge in [-0.3, -0.25) is 4.79 Å². The van der Waals surface area contributed by atoms with Crippen LogP contribution in [0, 0.1) is 0 Å². The molecule has 2 N–H and O–H groups in total. The van der Waals surface area contributed by atoms with Crippen LogP contribution in [-0.2, 0) is 4.79 Å². The van der Waals surface area contributed by atoms with Gasteiger partial charge in [-0.2, -0.15) is 5.10 Å². The molecule has 0 spiro atoms. The lowest BCUT2D eigenvalue weighted by molar-refractivity contribution is -0.121. The van der Waals surface area contributed by atoms with Crippen molar-refractivity contribution in [2.24, 2.45) is 5.10 Å². The van der Waals surface area contributed by atoms with Crippen molar-refractivity contribution in [3.05, 3.63) is 71.8 Å². The molecule has 126 valence electrons. The fourth-order valence-electron chi connectivity index (χ4n) is 2.40. The number of carbonyl (C=O) groups is 1. The van der Waals surface area contributed by atoms with E-state index in [0.29, 0.717) is 12.1 Å². The van der Waals surface area contributed by atoms with Crippen molar-refractivity contribution in [2.45, 2.75) is 38.7 Å². The highest BCUT2D eigenvalue weighted by Gasteiger charge is 2.17. The molecule has 4 heteroatoms. The van der Waals surface area contributed by atoms with Crippen molar-refractivity contribution < 1.29 is 9.90 Å². The van der Waals surface area contributed by atoms with E-state index in [1.165, 1.54) is 0 Å². The molecule has 0 aromatic heterocycles. The fourth-order valence-corrected chi connectivity index (χ4v) is 2.40. The Labute approximate surface area is 143 Å². The van der Waals surface area contributed by atoms with Crippen LogP contribution < -0.4 is 5.43 Å². The summed E-state index contributed by atoms with van der Waals surface area (Å²) in [5.74, 6) is -0.128. The second-order valence-electron chi connectivity index (χ2n) is 5.67. The third-order valence-corrected chi connectivity index (χ3v) is 3.75. The molecule has 2 aromatic carbocycles. The molecule has 1 atom stereocenters. The summed E-state index contributed by atoms with van der Waals surface area (Å²) in [5.41, 5.74) is 4.53. The van der Waals surface area contributed by atoms with Gasteiger partial charge in [0.05, 0.1) is 0 Å². The number of amides is 1. The van der Waals surface area contributed by atoms with Crippen molar-refractivity contribution in [3.8, 4) is 0 Å². The molecule has 0 bridgehead atoms. The van der Waals surface area contributed by atoms with E-state index in [1.54, 1.807) is 0 Å². The van der Waals surface area contributed by atoms with Gasteiger partial charge >= 0.3 is 0 Å². The molecule has 0 aliphatic rings. The largest absolute Gasteiger partial charge is 0.382 e. The van der Waals surface area contributed by atoms with Crippen molar-refractivity contribution in [3.63, 3.8) is 0 Å². The van der Waals surface area contributed by atoms with E-state index in [-0.39, 0.29) is 5.91 Å². The first-order chi connectivity index (χ1) is 11.7. The third-order valence-electron chi connectivity index (χ3n) is 3.75. The van der Waals surface area contributed by atoms with E-state index in [9.17, 15) is 9.90 Å². The zero-order valence-corrected chi connectivity index (χ0v) is 14.0. The first kappa shape index (κ1) is 17.9. The number of aliphatic hydroxyl groups excluding tert-OH is 1. The van der Waals surface area contributed by atoms with Gasteiger partial charge in [0.15, 0.2) is 0 Å². The molecule has 0 fully saturated rings. The van der Waals surface area contributed by atoms with Crippen molar-refractivity contribution in [1.82, 2.24) is 5.43 Å². The summed E-state index contributed by atoms with van der Waals surface area (Å²) in [6.07, 6.45) is 2.48. The lowest BCUT2D eigenvalue weighted by Gasteiger charge is -2.15. The molecule has 4 nitrogen and oxygen atoms in total. The molecule has 0 radical (unpaired) electrons. The number of nitrogens with zero attached hydrogens (tertiary/aromatic N) is 1.